The van der Waals surface area contributed by atoms with Crippen molar-refractivity contribution < 1.29 is 35.7 Å². The van der Waals surface area contributed by atoms with E-state index in [1.54, 1.807) is 36.4 Å². The standard InChI is InChI=1S/C21H28N4O5S.C7H8O3S/c1-16-9-11-18(12-10-16)31(27,28)25-19(8-5-13-24-21(22)23)20(26)30-15-14-29-17-6-3-2-4-7-17;1-6-2-4-7(5-3-6)11(8,9)10/h2-4,6-7,9-12,19,25H,5,8,13-15H2,1H3,(H4,22,23,24);2-5H,1H3,(H,8,9,10). The molecule has 0 radical (unpaired) electrons. The first-order chi connectivity index (χ1) is 19.8. The number of aryl methyl sites for hydroxylation is 2. The Kier molecular flexibility index (Phi) is 13.4. The zero-order chi connectivity index (χ0) is 31.2. The number of rotatable bonds is 13. The molecule has 1 atom stereocenters. The molecule has 0 aromatic heterocycles. The minimum absolute atomic E-state index is 0.0234. The van der Waals surface area contributed by atoms with Gasteiger partial charge in [-0.15, -0.1) is 0 Å². The van der Waals surface area contributed by atoms with Crippen LogP contribution in [0.1, 0.15) is 24.0 Å². The highest BCUT2D eigenvalue weighted by atomic mass is 32.2. The first-order valence-electron chi connectivity index (χ1n) is 12.8. The van der Waals surface area contributed by atoms with E-state index in [-0.39, 0.29) is 41.9 Å². The van der Waals surface area contributed by atoms with Crippen molar-refractivity contribution in [3.8, 4) is 5.75 Å². The Morgan fingerprint density at radius 2 is 1.40 bits per heavy atom. The van der Waals surface area contributed by atoms with E-state index in [1.807, 2.05) is 32.0 Å². The molecule has 0 heterocycles. The number of sulfonamides is 1. The van der Waals surface area contributed by atoms with Crippen molar-refractivity contribution in [1.29, 1.82) is 0 Å². The fourth-order valence-corrected chi connectivity index (χ4v) is 5.03. The SMILES string of the molecule is Cc1ccc(S(=O)(=O)NC(CCCN=C(N)N)C(=O)OCCOc2ccccc2)cc1.Cc1ccc(S(=O)(=O)O)cc1. The summed E-state index contributed by atoms with van der Waals surface area (Å²) in [5, 5.41) is 0. The van der Waals surface area contributed by atoms with Crippen LogP contribution in [-0.4, -0.2) is 59.1 Å². The highest BCUT2D eigenvalue weighted by Gasteiger charge is 2.26. The minimum Gasteiger partial charge on any atom is -0.490 e. The summed E-state index contributed by atoms with van der Waals surface area (Å²) in [5.74, 6) is -0.123. The zero-order valence-corrected chi connectivity index (χ0v) is 25.0. The van der Waals surface area contributed by atoms with Crippen LogP contribution >= 0.6 is 0 Å². The summed E-state index contributed by atoms with van der Waals surface area (Å²) in [6.45, 7) is 4.07. The second kappa shape index (κ2) is 16.5. The summed E-state index contributed by atoms with van der Waals surface area (Å²) in [6.07, 6.45) is 0.550. The Bertz CT molecular complexity index is 1510. The molecule has 0 bridgehead atoms. The summed E-state index contributed by atoms with van der Waals surface area (Å²) in [4.78, 5) is 16.4. The Morgan fingerprint density at radius 3 is 1.93 bits per heavy atom. The Balaban J connectivity index is 0.000000468. The molecule has 0 amide bonds. The number of hydrogen-bond acceptors (Lipinski definition) is 8. The number of benzene rings is 3. The van der Waals surface area contributed by atoms with Crippen LogP contribution in [0, 0.1) is 13.8 Å². The van der Waals surface area contributed by atoms with Gasteiger partial charge < -0.3 is 20.9 Å². The van der Waals surface area contributed by atoms with Crippen molar-refractivity contribution in [2.75, 3.05) is 19.8 Å². The van der Waals surface area contributed by atoms with Gasteiger partial charge in [0.05, 0.1) is 9.79 Å². The zero-order valence-electron chi connectivity index (χ0n) is 23.3. The molecule has 6 N–H and O–H groups in total. The van der Waals surface area contributed by atoms with E-state index in [2.05, 4.69) is 9.71 Å². The lowest BCUT2D eigenvalue weighted by molar-refractivity contribution is -0.146. The minimum atomic E-state index is -4.02. The van der Waals surface area contributed by atoms with E-state index < -0.39 is 32.2 Å². The van der Waals surface area contributed by atoms with Gasteiger partial charge >= 0.3 is 5.97 Å². The molecule has 0 spiro atoms. The molecule has 0 fully saturated rings. The Labute approximate surface area is 246 Å². The number of nitrogens with two attached hydrogens (primary N) is 2. The molecule has 1 unspecified atom stereocenters. The van der Waals surface area contributed by atoms with Gasteiger partial charge in [0.1, 0.15) is 25.0 Å². The first-order valence-corrected chi connectivity index (χ1v) is 15.7. The van der Waals surface area contributed by atoms with Gasteiger partial charge in [-0.05, 0) is 63.1 Å². The third-order valence-electron chi connectivity index (χ3n) is 5.52. The number of aliphatic imine (C=N–C) groups is 1. The molecule has 3 aromatic carbocycles. The van der Waals surface area contributed by atoms with Gasteiger partial charge in [0.15, 0.2) is 5.96 Å². The molecule has 0 aliphatic rings. The number of hydrogen-bond donors (Lipinski definition) is 4. The molecule has 3 rings (SSSR count). The van der Waals surface area contributed by atoms with Gasteiger partial charge in [-0.25, -0.2) is 8.42 Å². The topological polar surface area (TPSA) is 200 Å². The van der Waals surface area contributed by atoms with Gasteiger partial charge in [0.2, 0.25) is 10.0 Å². The Morgan fingerprint density at radius 1 is 0.857 bits per heavy atom. The molecule has 14 heteroatoms. The van der Waals surface area contributed by atoms with Crippen molar-refractivity contribution in [2.24, 2.45) is 16.5 Å². The van der Waals surface area contributed by atoms with Crippen molar-refractivity contribution in [1.82, 2.24) is 4.72 Å². The maximum absolute atomic E-state index is 12.7. The van der Waals surface area contributed by atoms with E-state index in [0.29, 0.717) is 12.2 Å². The third kappa shape index (κ3) is 12.7. The molecule has 0 aliphatic carbocycles. The number of nitrogens with zero attached hydrogens (tertiary/aromatic N) is 1. The lowest BCUT2D eigenvalue weighted by Gasteiger charge is -2.18. The van der Waals surface area contributed by atoms with E-state index >= 15 is 0 Å². The molecular weight excluding hydrogens is 584 g/mol. The molecule has 0 saturated heterocycles. The Hall–Kier alpha value is -3.98. The molecular formula is C28H36N4O8S2. The summed E-state index contributed by atoms with van der Waals surface area (Å²) in [6, 6.07) is 20.3. The maximum Gasteiger partial charge on any atom is 0.324 e. The number of esters is 1. The molecule has 3 aromatic rings. The van der Waals surface area contributed by atoms with Gasteiger partial charge in [-0.1, -0.05) is 53.6 Å². The number of carbonyl (C=O) groups excluding carboxylic acids is 1. The van der Waals surface area contributed by atoms with Crippen molar-refractivity contribution >= 4 is 32.1 Å². The predicted molar refractivity (Wildman–Crippen MR) is 159 cm³/mol. The number of carbonyl (C=O) groups is 1. The first kappa shape index (κ1) is 34.2. The number of para-hydroxylation sites is 1. The molecule has 228 valence electrons. The van der Waals surface area contributed by atoms with Crippen molar-refractivity contribution in [2.45, 2.75) is 42.5 Å². The molecule has 0 saturated carbocycles. The van der Waals surface area contributed by atoms with Gasteiger partial charge in [0, 0.05) is 6.54 Å². The third-order valence-corrected chi connectivity index (χ3v) is 7.87. The number of ether oxygens (including phenoxy) is 2. The van der Waals surface area contributed by atoms with Crippen LogP contribution in [0.4, 0.5) is 0 Å². The second-order valence-corrected chi connectivity index (χ2v) is 12.2. The van der Waals surface area contributed by atoms with Crippen LogP contribution in [0.3, 0.4) is 0 Å². The largest absolute Gasteiger partial charge is 0.490 e. The van der Waals surface area contributed by atoms with Crippen molar-refractivity contribution in [3.05, 3.63) is 90.0 Å². The summed E-state index contributed by atoms with van der Waals surface area (Å²) in [5.41, 5.74) is 12.5. The lowest BCUT2D eigenvalue weighted by Crippen LogP contribution is -2.42. The molecule has 12 nitrogen and oxygen atoms in total. The highest BCUT2D eigenvalue weighted by molar-refractivity contribution is 7.89. The van der Waals surface area contributed by atoms with Crippen LogP contribution in [0.15, 0.2) is 93.6 Å². The van der Waals surface area contributed by atoms with Crippen LogP contribution in [-0.2, 0) is 29.7 Å². The van der Waals surface area contributed by atoms with E-state index in [1.165, 1.54) is 24.3 Å². The smallest absolute Gasteiger partial charge is 0.324 e. The number of guanidine groups is 1. The maximum atomic E-state index is 12.7. The van der Waals surface area contributed by atoms with Gasteiger partial charge in [-0.3, -0.25) is 14.3 Å². The highest BCUT2D eigenvalue weighted by Crippen LogP contribution is 2.13. The average molecular weight is 621 g/mol. The quantitative estimate of drug-likeness (QED) is 0.0723. The van der Waals surface area contributed by atoms with Crippen molar-refractivity contribution in [3.63, 3.8) is 0 Å². The average Bonchev–Trinajstić information content (AvgIpc) is 2.93. The second-order valence-electron chi connectivity index (χ2n) is 9.05. The fourth-order valence-electron chi connectivity index (χ4n) is 3.33. The summed E-state index contributed by atoms with van der Waals surface area (Å²) < 4.78 is 68.1. The van der Waals surface area contributed by atoms with Crippen LogP contribution in [0.5, 0.6) is 5.75 Å². The summed E-state index contributed by atoms with van der Waals surface area (Å²) >= 11 is 0. The molecule has 0 aliphatic heterocycles. The lowest BCUT2D eigenvalue weighted by atomic mass is 10.2. The van der Waals surface area contributed by atoms with Gasteiger partial charge in [-0.2, -0.15) is 13.1 Å². The number of nitrogens with one attached hydrogen (secondary N) is 1. The van der Waals surface area contributed by atoms with E-state index in [0.717, 1.165) is 11.1 Å². The monoisotopic (exact) mass is 620 g/mol. The van der Waals surface area contributed by atoms with Crippen LogP contribution < -0.4 is 20.9 Å². The van der Waals surface area contributed by atoms with Gasteiger partial charge in [0.25, 0.3) is 10.1 Å². The van der Waals surface area contributed by atoms with Crippen LogP contribution in [0.2, 0.25) is 0 Å². The van der Waals surface area contributed by atoms with E-state index in [4.69, 9.17) is 25.5 Å². The van der Waals surface area contributed by atoms with Crippen LogP contribution in [0.25, 0.3) is 0 Å². The summed E-state index contributed by atoms with van der Waals surface area (Å²) in [7, 11) is -7.94. The normalized spacial score (nSPS) is 11.9. The molecule has 42 heavy (non-hydrogen) atoms. The predicted octanol–water partition coefficient (Wildman–Crippen LogP) is 2.56. The van der Waals surface area contributed by atoms with E-state index in [9.17, 15) is 21.6 Å². The fraction of sp³-hybridized carbons (Fsp3) is 0.286.